The Morgan fingerprint density at radius 3 is 0.923 bits per heavy atom. The fourth-order valence-electron chi connectivity index (χ4n) is 19.1. The lowest BCUT2D eigenvalue weighted by atomic mass is 10.0. The van der Waals surface area contributed by atoms with Crippen molar-refractivity contribution in [1.29, 1.82) is 0 Å². The van der Waals surface area contributed by atoms with E-state index in [1.165, 1.54) is 242 Å². The number of nitrogens with zero attached hydrogens (tertiary/aromatic N) is 3. The van der Waals surface area contributed by atoms with Crippen molar-refractivity contribution in [2.75, 3.05) is 0 Å². The number of hydrogen-bond acceptors (Lipinski definition) is 3. The van der Waals surface area contributed by atoms with Gasteiger partial charge in [0.05, 0.1) is 49.7 Å². The monoisotopic (exact) mass is 1540 g/mol. The van der Waals surface area contributed by atoms with E-state index in [1.54, 1.807) is 0 Å². The van der Waals surface area contributed by atoms with Crippen LogP contribution in [0, 0.1) is 0 Å². The molecule has 0 bridgehead atoms. The van der Waals surface area contributed by atoms with E-state index in [1.807, 2.05) is 34.0 Å². The van der Waals surface area contributed by atoms with Crippen LogP contribution in [0.25, 0.3) is 242 Å². The first-order valence-electron chi connectivity index (χ1n) is 39.8. The Bertz CT molecular complexity index is 8750. The molecule has 0 radical (unpaired) electrons. The first-order valence-corrected chi connectivity index (χ1v) is 42.3. The second-order valence-electron chi connectivity index (χ2n) is 30.8. The predicted molar refractivity (Wildman–Crippen MR) is 505 cm³/mol. The third-order valence-electron chi connectivity index (χ3n) is 24.4. The standard InChI is InChI=1S/3C36H22N2S/c1-3-9-22(10-4-1)23-15-17-30-27(19-23)26-16-18-33-35(36(26)37-30)29-20-28-25-13-7-8-14-31(25)38(24-11-5-2-6-12-24)32(28)21-34(29)39-33;1-2-9-22(10-3-1)23-11-8-12-24(19-23)38-31-16-7-5-14-26(31)28-20-29-34(21-32(28)38)39-33-18-17-27-25-13-4-6-15-30(25)37-36(27)35(29)33;1-2-8-22(9-3-1)23-14-16-24(17-15-23)38-31-13-7-5-11-26(31)28-20-29-34(21-32(28)38)39-33-19-18-27-25-10-4-6-12-30(25)37-36(27)35(29)33/h3*1-21,37H. The van der Waals surface area contributed by atoms with Crippen molar-refractivity contribution >= 4 is 225 Å². The minimum atomic E-state index is 1.18. The number of aromatic nitrogens is 6. The molecule has 9 heterocycles. The zero-order valence-electron chi connectivity index (χ0n) is 62.9. The maximum absolute atomic E-state index is 3.80. The quantitative estimate of drug-likeness (QED) is 0.149. The van der Waals surface area contributed by atoms with E-state index in [0.717, 1.165) is 0 Å². The lowest BCUT2D eigenvalue weighted by Crippen LogP contribution is -1.94. The van der Waals surface area contributed by atoms with E-state index >= 15 is 0 Å². The van der Waals surface area contributed by atoms with Gasteiger partial charge in [-0.25, -0.2) is 0 Å². The second-order valence-corrected chi connectivity index (χ2v) is 34.1. The summed E-state index contributed by atoms with van der Waals surface area (Å²) in [5, 5.41) is 23.4. The largest absolute Gasteiger partial charge is 0.354 e. The number of fused-ring (bicyclic) bond motifs is 30. The van der Waals surface area contributed by atoms with E-state index in [0.29, 0.717) is 0 Å². The van der Waals surface area contributed by atoms with Crippen LogP contribution < -0.4 is 0 Å². The summed E-state index contributed by atoms with van der Waals surface area (Å²) in [6.45, 7) is 0. The van der Waals surface area contributed by atoms with E-state index in [-0.39, 0.29) is 0 Å². The van der Waals surface area contributed by atoms with Gasteiger partial charge in [-0.3, -0.25) is 0 Å². The van der Waals surface area contributed by atoms with Crippen molar-refractivity contribution in [2.24, 2.45) is 0 Å². The van der Waals surface area contributed by atoms with Crippen LogP contribution >= 0.6 is 34.0 Å². The highest BCUT2D eigenvalue weighted by Crippen LogP contribution is 2.49. The number of para-hydroxylation sites is 6. The Morgan fingerprint density at radius 2 is 0.479 bits per heavy atom. The van der Waals surface area contributed by atoms with Gasteiger partial charge in [0, 0.05) is 159 Å². The van der Waals surface area contributed by atoms with Gasteiger partial charge in [0.2, 0.25) is 0 Å². The third-order valence-corrected chi connectivity index (χ3v) is 27.7. The highest BCUT2D eigenvalue weighted by molar-refractivity contribution is 7.27. The van der Waals surface area contributed by atoms with Crippen molar-refractivity contribution in [3.63, 3.8) is 0 Å². The molecule has 117 heavy (non-hydrogen) atoms. The normalized spacial score (nSPS) is 12.1. The van der Waals surface area contributed by atoms with E-state index in [2.05, 4.69) is 411 Å². The summed E-state index contributed by atoms with van der Waals surface area (Å²) in [6, 6.07) is 139. The van der Waals surface area contributed by atoms with Crippen LogP contribution in [0.4, 0.5) is 0 Å². The Balaban J connectivity index is 0.0000000980. The predicted octanol–water partition coefficient (Wildman–Crippen LogP) is 31.4. The van der Waals surface area contributed by atoms with Gasteiger partial charge >= 0.3 is 0 Å². The van der Waals surface area contributed by atoms with Crippen molar-refractivity contribution in [3.8, 4) is 50.4 Å². The number of aromatic amines is 3. The van der Waals surface area contributed by atoms with Crippen molar-refractivity contribution < 1.29 is 0 Å². The molecule has 27 aromatic rings. The van der Waals surface area contributed by atoms with Gasteiger partial charge in [-0.2, -0.15) is 0 Å². The molecule has 6 nitrogen and oxygen atoms in total. The lowest BCUT2D eigenvalue weighted by molar-refractivity contribution is 1.18. The molecule has 0 aliphatic heterocycles. The number of thiophene rings is 3. The van der Waals surface area contributed by atoms with Gasteiger partial charge in [0.25, 0.3) is 0 Å². The Hall–Kier alpha value is -14.6. The molecule has 0 fully saturated rings. The summed E-state index contributed by atoms with van der Waals surface area (Å²) >= 11 is 5.64. The highest BCUT2D eigenvalue weighted by Gasteiger charge is 2.24. The van der Waals surface area contributed by atoms with Gasteiger partial charge < -0.3 is 28.7 Å². The molecule has 3 N–H and O–H groups in total. The molecular weight excluding hydrogens is 1480 g/mol. The van der Waals surface area contributed by atoms with Gasteiger partial charge in [-0.1, -0.05) is 249 Å². The zero-order valence-corrected chi connectivity index (χ0v) is 65.4. The first-order chi connectivity index (χ1) is 58.0. The van der Waals surface area contributed by atoms with E-state index < -0.39 is 0 Å². The Labute approximate surface area is 681 Å². The van der Waals surface area contributed by atoms with Crippen LogP contribution in [0.15, 0.2) is 382 Å². The van der Waals surface area contributed by atoms with Crippen molar-refractivity contribution in [1.82, 2.24) is 28.7 Å². The first kappa shape index (κ1) is 65.9. The molecule has 0 saturated carbocycles. The molecular formula is C108H66N6S3. The highest BCUT2D eigenvalue weighted by atomic mass is 32.1. The summed E-state index contributed by atoms with van der Waals surface area (Å²) in [5.41, 5.74) is 25.7. The Kier molecular flexibility index (Phi) is 14.6. The summed E-state index contributed by atoms with van der Waals surface area (Å²) in [5.74, 6) is 0. The summed E-state index contributed by atoms with van der Waals surface area (Å²) in [6.07, 6.45) is 0. The number of benzene rings is 18. The average Bonchev–Trinajstić information content (AvgIpc) is 1.57. The maximum atomic E-state index is 3.80. The smallest absolute Gasteiger partial charge is 0.0559 e. The summed E-state index contributed by atoms with van der Waals surface area (Å²) < 4.78 is 15.1. The number of nitrogens with one attached hydrogen (secondary N) is 3. The van der Waals surface area contributed by atoms with E-state index in [9.17, 15) is 0 Å². The van der Waals surface area contributed by atoms with Crippen LogP contribution in [-0.2, 0) is 0 Å². The molecule has 546 valence electrons. The molecule has 0 spiro atoms. The molecule has 0 atom stereocenters. The second kappa shape index (κ2) is 26.0. The Morgan fingerprint density at radius 1 is 0.162 bits per heavy atom. The van der Waals surface area contributed by atoms with Crippen LogP contribution in [0.1, 0.15) is 0 Å². The molecule has 9 heteroatoms. The molecule has 0 saturated heterocycles. The van der Waals surface area contributed by atoms with Crippen LogP contribution in [0.3, 0.4) is 0 Å². The summed E-state index contributed by atoms with van der Waals surface area (Å²) in [4.78, 5) is 11.3. The zero-order chi connectivity index (χ0) is 76.5. The SMILES string of the molecule is c1ccc(-c2ccc(-n3c4ccccc4c4cc5c(cc43)sc3ccc4c6ccccc6[nH]c4c35)cc2)cc1.c1ccc(-c2ccc3[nH]c4c(ccc5sc6cc7c(cc6c54)c4ccccc4n7-c4ccccc4)c3c2)cc1.c1ccc(-c2cccc(-n3c4ccccc4c4cc5c(cc43)sc3ccc4c6ccccc6[nH]c4c35)c2)cc1. The fraction of sp³-hybridized carbons (Fsp3) is 0. The average molecular weight is 1540 g/mol. The topological polar surface area (TPSA) is 62.2 Å². The molecule has 0 unspecified atom stereocenters. The molecule has 27 rings (SSSR count). The molecule has 0 aliphatic rings. The van der Waals surface area contributed by atoms with Crippen molar-refractivity contribution in [2.45, 2.75) is 0 Å². The maximum Gasteiger partial charge on any atom is 0.0559 e. The third kappa shape index (κ3) is 10.3. The number of H-pyrrole nitrogens is 3. The van der Waals surface area contributed by atoms with E-state index in [4.69, 9.17) is 0 Å². The molecule has 9 aromatic heterocycles. The minimum Gasteiger partial charge on any atom is -0.354 e. The number of rotatable bonds is 6. The van der Waals surface area contributed by atoms with Gasteiger partial charge in [-0.05, 0) is 167 Å². The van der Waals surface area contributed by atoms with Crippen LogP contribution in [0.2, 0.25) is 0 Å². The van der Waals surface area contributed by atoms with Gasteiger partial charge in [0.15, 0.2) is 0 Å². The van der Waals surface area contributed by atoms with Crippen LogP contribution in [0.5, 0.6) is 0 Å². The molecule has 18 aromatic carbocycles. The lowest BCUT2D eigenvalue weighted by Gasteiger charge is -2.10. The van der Waals surface area contributed by atoms with Crippen molar-refractivity contribution in [3.05, 3.63) is 382 Å². The van der Waals surface area contributed by atoms with Gasteiger partial charge in [-0.15, -0.1) is 34.0 Å². The molecule has 0 aliphatic carbocycles. The van der Waals surface area contributed by atoms with Gasteiger partial charge in [0.1, 0.15) is 0 Å². The number of hydrogen-bond donors (Lipinski definition) is 3. The molecule has 0 amide bonds. The minimum absolute atomic E-state index is 1.18. The van der Waals surface area contributed by atoms with Crippen LogP contribution in [-0.4, -0.2) is 28.7 Å². The summed E-state index contributed by atoms with van der Waals surface area (Å²) in [7, 11) is 0. The fourth-order valence-corrected chi connectivity index (χ4v) is 22.5.